The molecule has 2 saturated carbocycles. The number of likely N-dealkylation sites (tertiary alicyclic amines) is 1. The number of ether oxygens (including phenoxy) is 1. The van der Waals surface area contributed by atoms with E-state index in [-0.39, 0.29) is 46.7 Å². The zero-order valence-electron chi connectivity index (χ0n) is 21.7. The van der Waals surface area contributed by atoms with Gasteiger partial charge in [-0.05, 0) is 67.2 Å². The smallest absolute Gasteiger partial charge is 0.268 e. The predicted molar refractivity (Wildman–Crippen MR) is 138 cm³/mol. The molecule has 1 aromatic heterocycles. The Kier molecular flexibility index (Phi) is 6.12. The van der Waals surface area contributed by atoms with E-state index in [9.17, 15) is 19.2 Å². The molecule has 3 amide bonds. The van der Waals surface area contributed by atoms with Crippen molar-refractivity contribution in [3.63, 3.8) is 0 Å². The molecule has 0 spiro atoms. The van der Waals surface area contributed by atoms with Crippen molar-refractivity contribution in [2.75, 3.05) is 13.7 Å². The second-order valence-corrected chi connectivity index (χ2v) is 11.1. The molecular formula is C28H34N4O5. The minimum Gasteiger partial charge on any atom is -0.496 e. The summed E-state index contributed by atoms with van der Waals surface area (Å²) in [6.07, 6.45) is 2.86. The Bertz CT molecular complexity index is 1290. The number of carbonyl (C=O) groups is 4. The van der Waals surface area contributed by atoms with E-state index in [0.717, 1.165) is 23.7 Å². The molecule has 0 radical (unpaired) electrons. The number of ketones is 1. The van der Waals surface area contributed by atoms with Gasteiger partial charge in [0.1, 0.15) is 23.5 Å². The van der Waals surface area contributed by atoms with Gasteiger partial charge in [0.05, 0.1) is 13.2 Å². The molecule has 2 heterocycles. The summed E-state index contributed by atoms with van der Waals surface area (Å²) in [4.78, 5) is 57.2. The van der Waals surface area contributed by atoms with Crippen molar-refractivity contribution in [1.29, 1.82) is 0 Å². The molecule has 2 aliphatic carbocycles. The zero-order chi connectivity index (χ0) is 26.6. The van der Waals surface area contributed by atoms with Gasteiger partial charge in [0.15, 0.2) is 5.78 Å². The second-order valence-electron chi connectivity index (χ2n) is 11.1. The van der Waals surface area contributed by atoms with Crippen molar-refractivity contribution in [3.05, 3.63) is 42.6 Å². The Morgan fingerprint density at radius 2 is 1.95 bits per heavy atom. The van der Waals surface area contributed by atoms with Crippen LogP contribution in [0.3, 0.4) is 0 Å². The summed E-state index contributed by atoms with van der Waals surface area (Å²) in [5, 5.41) is 6.50. The number of piperidine rings is 1. The highest BCUT2D eigenvalue weighted by Crippen LogP contribution is 2.65. The lowest BCUT2D eigenvalue weighted by molar-refractivity contribution is -0.142. The third-order valence-corrected chi connectivity index (χ3v) is 8.48. The fourth-order valence-electron chi connectivity index (χ4n) is 6.00. The SMILES string of the molecule is C=CC(=O)[C@H](C)NC(=O)[C@@H]1[C@@H]2[C@H](CN1C(=O)C(NC(=O)c1cc3c(OC)cccc3[nH]1)C1CC1)C2(C)C. The molecule has 1 saturated heterocycles. The van der Waals surface area contributed by atoms with Gasteiger partial charge in [0.2, 0.25) is 11.8 Å². The third kappa shape index (κ3) is 4.30. The van der Waals surface area contributed by atoms with E-state index < -0.39 is 18.1 Å². The number of aromatic nitrogens is 1. The highest BCUT2D eigenvalue weighted by Gasteiger charge is 2.69. The third-order valence-electron chi connectivity index (χ3n) is 8.48. The fraction of sp³-hybridized carbons (Fsp3) is 0.500. The maximum Gasteiger partial charge on any atom is 0.268 e. The molecule has 1 unspecified atom stereocenters. The maximum absolute atomic E-state index is 13.9. The number of nitrogens with one attached hydrogen (secondary N) is 3. The lowest BCUT2D eigenvalue weighted by atomic mass is 9.98. The number of nitrogens with zero attached hydrogens (tertiary/aromatic N) is 1. The number of hydrogen-bond acceptors (Lipinski definition) is 5. The first-order valence-electron chi connectivity index (χ1n) is 12.8. The minimum absolute atomic E-state index is 0.0132. The first kappa shape index (κ1) is 25.0. The van der Waals surface area contributed by atoms with Crippen molar-refractivity contribution in [2.24, 2.45) is 23.2 Å². The van der Waals surface area contributed by atoms with Crippen LogP contribution < -0.4 is 15.4 Å². The Hall–Kier alpha value is -3.62. The van der Waals surface area contributed by atoms with Gasteiger partial charge in [-0.1, -0.05) is 26.5 Å². The second kappa shape index (κ2) is 9.04. The Morgan fingerprint density at radius 1 is 1.22 bits per heavy atom. The average Bonchev–Trinajstić information content (AvgIpc) is 3.66. The number of benzene rings is 1. The van der Waals surface area contributed by atoms with E-state index in [4.69, 9.17) is 4.74 Å². The van der Waals surface area contributed by atoms with Crippen molar-refractivity contribution >= 4 is 34.4 Å². The van der Waals surface area contributed by atoms with Crippen LogP contribution >= 0.6 is 0 Å². The number of rotatable bonds is 9. The van der Waals surface area contributed by atoms with E-state index in [1.54, 1.807) is 25.0 Å². The quantitative estimate of drug-likeness (QED) is 0.451. The Labute approximate surface area is 216 Å². The van der Waals surface area contributed by atoms with Crippen LogP contribution in [-0.4, -0.2) is 65.2 Å². The normalized spacial score (nSPS) is 25.1. The van der Waals surface area contributed by atoms with E-state index >= 15 is 0 Å². The highest BCUT2D eigenvalue weighted by atomic mass is 16.5. The van der Waals surface area contributed by atoms with Crippen LogP contribution in [0.25, 0.3) is 10.9 Å². The molecule has 2 aromatic rings. The molecule has 3 N–H and O–H groups in total. The number of aromatic amines is 1. The van der Waals surface area contributed by atoms with Gasteiger partial charge in [-0.3, -0.25) is 19.2 Å². The van der Waals surface area contributed by atoms with Crippen LogP contribution in [0.4, 0.5) is 0 Å². The molecule has 1 aromatic carbocycles. The molecule has 196 valence electrons. The fourth-order valence-corrected chi connectivity index (χ4v) is 6.00. The van der Waals surface area contributed by atoms with Gasteiger partial charge in [0, 0.05) is 17.4 Å². The summed E-state index contributed by atoms with van der Waals surface area (Å²) >= 11 is 0. The van der Waals surface area contributed by atoms with Crippen LogP contribution in [0.5, 0.6) is 5.75 Å². The first-order chi connectivity index (χ1) is 17.6. The largest absolute Gasteiger partial charge is 0.496 e. The summed E-state index contributed by atoms with van der Waals surface area (Å²) in [6, 6.07) is 5.12. The molecular weight excluding hydrogens is 472 g/mol. The molecule has 5 atom stereocenters. The highest BCUT2D eigenvalue weighted by molar-refractivity contribution is 6.02. The minimum atomic E-state index is -0.721. The molecule has 9 heteroatoms. The Morgan fingerprint density at radius 3 is 2.59 bits per heavy atom. The van der Waals surface area contributed by atoms with Crippen LogP contribution in [0.1, 0.15) is 44.1 Å². The molecule has 3 fully saturated rings. The average molecular weight is 507 g/mol. The van der Waals surface area contributed by atoms with E-state index in [2.05, 4.69) is 36.0 Å². The van der Waals surface area contributed by atoms with Crippen LogP contribution in [0, 0.1) is 23.2 Å². The van der Waals surface area contributed by atoms with Gasteiger partial charge in [0.25, 0.3) is 5.91 Å². The Balaban J connectivity index is 1.36. The van der Waals surface area contributed by atoms with E-state index in [1.165, 1.54) is 6.08 Å². The topological polar surface area (TPSA) is 121 Å². The molecule has 1 aliphatic heterocycles. The van der Waals surface area contributed by atoms with Crippen molar-refractivity contribution < 1.29 is 23.9 Å². The molecule has 37 heavy (non-hydrogen) atoms. The van der Waals surface area contributed by atoms with Gasteiger partial charge < -0.3 is 25.3 Å². The van der Waals surface area contributed by atoms with Gasteiger partial charge >= 0.3 is 0 Å². The van der Waals surface area contributed by atoms with Gasteiger partial charge in [-0.15, -0.1) is 0 Å². The lowest BCUT2D eigenvalue weighted by Gasteiger charge is -2.33. The van der Waals surface area contributed by atoms with E-state index in [0.29, 0.717) is 18.0 Å². The summed E-state index contributed by atoms with van der Waals surface area (Å²) in [5.41, 5.74) is 1.04. The molecule has 0 bridgehead atoms. The number of H-pyrrole nitrogens is 1. The molecule has 9 nitrogen and oxygen atoms in total. The van der Waals surface area contributed by atoms with Crippen molar-refractivity contribution in [1.82, 2.24) is 20.5 Å². The predicted octanol–water partition coefficient (Wildman–Crippen LogP) is 2.43. The summed E-state index contributed by atoms with van der Waals surface area (Å²) in [5.74, 6) is -0.334. The number of carbonyl (C=O) groups excluding carboxylic acids is 4. The van der Waals surface area contributed by atoms with Gasteiger partial charge in [-0.25, -0.2) is 0 Å². The van der Waals surface area contributed by atoms with Crippen LogP contribution in [-0.2, 0) is 14.4 Å². The standard InChI is InChI=1S/C28H34N4O5/c1-6-20(33)14(2)29-26(35)24-22-17(28(22,3)4)13-32(24)27(36)23(15-10-11-15)31-25(34)19-12-16-18(30-19)8-7-9-21(16)37-5/h6-9,12,14-15,17,22-24,30H,1,10-11,13H2,2-5H3,(H,29,35)(H,31,34)/t14-,17-,22-,23?,24-/m0/s1. The van der Waals surface area contributed by atoms with Crippen molar-refractivity contribution in [2.45, 2.75) is 51.7 Å². The van der Waals surface area contributed by atoms with Crippen LogP contribution in [0.2, 0.25) is 0 Å². The summed E-state index contributed by atoms with van der Waals surface area (Å²) in [6.45, 7) is 9.77. The summed E-state index contributed by atoms with van der Waals surface area (Å²) < 4.78 is 5.39. The maximum atomic E-state index is 13.9. The first-order valence-corrected chi connectivity index (χ1v) is 12.8. The van der Waals surface area contributed by atoms with Crippen molar-refractivity contribution in [3.8, 4) is 5.75 Å². The van der Waals surface area contributed by atoms with E-state index in [1.807, 2.05) is 18.2 Å². The number of methoxy groups -OCH3 is 1. The van der Waals surface area contributed by atoms with Crippen LogP contribution in [0.15, 0.2) is 36.9 Å². The number of hydrogen-bond donors (Lipinski definition) is 3. The molecule has 5 rings (SSSR count). The number of fused-ring (bicyclic) bond motifs is 2. The van der Waals surface area contributed by atoms with Gasteiger partial charge in [-0.2, -0.15) is 0 Å². The number of amides is 3. The zero-order valence-corrected chi connectivity index (χ0v) is 21.7. The monoisotopic (exact) mass is 506 g/mol. The summed E-state index contributed by atoms with van der Waals surface area (Å²) in [7, 11) is 1.58. The molecule has 3 aliphatic rings. The lowest BCUT2D eigenvalue weighted by Crippen LogP contribution is -2.57.